The topological polar surface area (TPSA) is 55.4 Å². The molecule has 0 amide bonds. The Labute approximate surface area is 105 Å². The van der Waals surface area contributed by atoms with Crippen LogP contribution in [0.4, 0.5) is 0 Å². The van der Waals surface area contributed by atoms with Gasteiger partial charge in [-0.2, -0.15) is 0 Å². The van der Waals surface area contributed by atoms with E-state index in [-0.39, 0.29) is 11.9 Å². The SMILES string of the molecule is CCNC(CCCS(C)(=O)=O)C1CCCCO1. The Morgan fingerprint density at radius 3 is 2.71 bits per heavy atom. The third kappa shape index (κ3) is 6.38. The minimum Gasteiger partial charge on any atom is -0.377 e. The molecule has 1 heterocycles. The van der Waals surface area contributed by atoms with Gasteiger partial charge < -0.3 is 10.1 Å². The van der Waals surface area contributed by atoms with Crippen LogP contribution < -0.4 is 5.32 Å². The fraction of sp³-hybridized carbons (Fsp3) is 1.00. The second kappa shape index (κ2) is 7.34. The Morgan fingerprint density at radius 1 is 1.41 bits per heavy atom. The molecule has 102 valence electrons. The van der Waals surface area contributed by atoms with Gasteiger partial charge in [0.25, 0.3) is 0 Å². The van der Waals surface area contributed by atoms with Crippen molar-refractivity contribution >= 4 is 9.84 Å². The molecule has 1 aliphatic rings. The summed E-state index contributed by atoms with van der Waals surface area (Å²) in [6.07, 6.45) is 6.63. The van der Waals surface area contributed by atoms with Crippen LogP contribution in [0.1, 0.15) is 39.0 Å². The lowest BCUT2D eigenvalue weighted by Crippen LogP contribution is -2.43. The Kier molecular flexibility index (Phi) is 6.44. The van der Waals surface area contributed by atoms with E-state index in [9.17, 15) is 8.42 Å². The Bertz CT molecular complexity index is 297. The van der Waals surface area contributed by atoms with E-state index in [1.54, 1.807) is 0 Å². The Morgan fingerprint density at radius 2 is 2.18 bits per heavy atom. The fourth-order valence-corrected chi connectivity index (χ4v) is 3.02. The second-order valence-corrected chi connectivity index (χ2v) is 7.10. The molecule has 0 aromatic heterocycles. The standard InChI is InChI=1S/C12H25NO3S/c1-3-13-11(7-6-10-17(2,14)15)12-8-4-5-9-16-12/h11-13H,3-10H2,1-2H3. The van der Waals surface area contributed by atoms with Gasteiger partial charge in [-0.05, 0) is 38.6 Å². The highest BCUT2D eigenvalue weighted by atomic mass is 32.2. The molecule has 5 heteroatoms. The molecule has 0 saturated carbocycles. The molecule has 0 aromatic rings. The Hall–Kier alpha value is -0.130. The monoisotopic (exact) mass is 263 g/mol. The molecule has 1 saturated heterocycles. The molecule has 1 N–H and O–H groups in total. The summed E-state index contributed by atoms with van der Waals surface area (Å²) >= 11 is 0. The van der Waals surface area contributed by atoms with E-state index in [4.69, 9.17) is 4.74 Å². The highest BCUT2D eigenvalue weighted by Gasteiger charge is 2.23. The summed E-state index contributed by atoms with van der Waals surface area (Å²) in [6.45, 7) is 3.83. The van der Waals surface area contributed by atoms with E-state index in [2.05, 4.69) is 12.2 Å². The molecule has 1 rings (SSSR count). The van der Waals surface area contributed by atoms with E-state index >= 15 is 0 Å². The van der Waals surface area contributed by atoms with E-state index < -0.39 is 9.84 Å². The molecule has 1 aliphatic heterocycles. The zero-order chi connectivity index (χ0) is 12.7. The summed E-state index contributed by atoms with van der Waals surface area (Å²) in [5, 5.41) is 3.42. The third-order valence-corrected chi connectivity index (χ3v) is 4.19. The van der Waals surface area contributed by atoms with Crippen LogP contribution in [0.25, 0.3) is 0 Å². The summed E-state index contributed by atoms with van der Waals surface area (Å²) in [7, 11) is -2.83. The minimum atomic E-state index is -2.83. The van der Waals surface area contributed by atoms with Crippen LogP contribution >= 0.6 is 0 Å². The quantitative estimate of drug-likeness (QED) is 0.753. The number of nitrogens with one attached hydrogen (secondary N) is 1. The van der Waals surface area contributed by atoms with Crippen LogP contribution in [-0.4, -0.2) is 45.7 Å². The normalized spacial score (nSPS) is 23.5. The van der Waals surface area contributed by atoms with Gasteiger partial charge in [0.15, 0.2) is 0 Å². The third-order valence-electron chi connectivity index (χ3n) is 3.16. The smallest absolute Gasteiger partial charge is 0.147 e. The first-order valence-electron chi connectivity index (χ1n) is 6.55. The summed E-state index contributed by atoms with van der Waals surface area (Å²) < 4.78 is 28.0. The van der Waals surface area contributed by atoms with Crippen molar-refractivity contribution in [2.75, 3.05) is 25.2 Å². The maximum Gasteiger partial charge on any atom is 0.147 e. The van der Waals surface area contributed by atoms with Crippen molar-refractivity contribution in [2.24, 2.45) is 0 Å². The van der Waals surface area contributed by atoms with Crippen LogP contribution in [0.2, 0.25) is 0 Å². The van der Waals surface area contributed by atoms with Gasteiger partial charge in [-0.1, -0.05) is 6.92 Å². The van der Waals surface area contributed by atoms with E-state index in [0.29, 0.717) is 6.04 Å². The van der Waals surface area contributed by atoms with Crippen molar-refractivity contribution in [3.8, 4) is 0 Å². The fourth-order valence-electron chi connectivity index (χ4n) is 2.33. The summed E-state index contributed by atoms with van der Waals surface area (Å²) in [5.41, 5.74) is 0. The summed E-state index contributed by atoms with van der Waals surface area (Å²) in [6, 6.07) is 0.307. The largest absolute Gasteiger partial charge is 0.377 e. The van der Waals surface area contributed by atoms with Crippen LogP contribution in [-0.2, 0) is 14.6 Å². The lowest BCUT2D eigenvalue weighted by Gasteiger charge is -2.31. The van der Waals surface area contributed by atoms with Gasteiger partial charge in [-0.15, -0.1) is 0 Å². The van der Waals surface area contributed by atoms with Crippen LogP contribution in [0.15, 0.2) is 0 Å². The molecule has 1 fully saturated rings. The number of sulfone groups is 1. The molecule has 0 bridgehead atoms. The average Bonchev–Trinajstić information content (AvgIpc) is 2.27. The molecule has 0 spiro atoms. The van der Waals surface area contributed by atoms with Gasteiger partial charge in [-0.3, -0.25) is 0 Å². The zero-order valence-electron chi connectivity index (χ0n) is 10.9. The van der Waals surface area contributed by atoms with E-state index in [1.807, 2.05) is 0 Å². The molecule has 0 radical (unpaired) electrons. The summed E-state index contributed by atoms with van der Waals surface area (Å²) in [4.78, 5) is 0. The van der Waals surface area contributed by atoms with Crippen molar-refractivity contribution < 1.29 is 13.2 Å². The van der Waals surface area contributed by atoms with Crippen LogP contribution in [0, 0.1) is 0 Å². The maximum atomic E-state index is 11.1. The van der Waals surface area contributed by atoms with Gasteiger partial charge in [0.2, 0.25) is 0 Å². The lowest BCUT2D eigenvalue weighted by molar-refractivity contribution is -0.00902. The van der Waals surface area contributed by atoms with Gasteiger partial charge in [0.1, 0.15) is 9.84 Å². The van der Waals surface area contributed by atoms with E-state index in [0.717, 1.165) is 38.8 Å². The van der Waals surface area contributed by atoms with Crippen molar-refractivity contribution in [3.63, 3.8) is 0 Å². The zero-order valence-corrected chi connectivity index (χ0v) is 11.8. The predicted molar refractivity (Wildman–Crippen MR) is 70.0 cm³/mol. The molecular weight excluding hydrogens is 238 g/mol. The Balaban J connectivity index is 2.36. The van der Waals surface area contributed by atoms with Crippen molar-refractivity contribution in [3.05, 3.63) is 0 Å². The van der Waals surface area contributed by atoms with Crippen molar-refractivity contribution in [1.29, 1.82) is 0 Å². The molecular formula is C12H25NO3S. The minimum absolute atomic E-state index is 0.267. The molecule has 2 atom stereocenters. The first kappa shape index (κ1) is 14.9. The molecule has 0 aromatic carbocycles. The number of ether oxygens (including phenoxy) is 1. The number of rotatable bonds is 7. The molecule has 0 aliphatic carbocycles. The summed E-state index contributed by atoms with van der Waals surface area (Å²) in [5.74, 6) is 0.279. The number of likely N-dealkylation sites (N-methyl/N-ethyl adjacent to an activating group) is 1. The predicted octanol–water partition coefficient (Wildman–Crippen LogP) is 1.36. The van der Waals surface area contributed by atoms with Crippen LogP contribution in [0.5, 0.6) is 0 Å². The molecule has 17 heavy (non-hydrogen) atoms. The molecule has 2 unspecified atom stereocenters. The number of hydrogen-bond acceptors (Lipinski definition) is 4. The highest BCUT2D eigenvalue weighted by Crippen LogP contribution is 2.18. The van der Waals surface area contributed by atoms with Crippen molar-refractivity contribution in [2.45, 2.75) is 51.2 Å². The lowest BCUT2D eigenvalue weighted by atomic mass is 9.98. The maximum absolute atomic E-state index is 11.1. The second-order valence-electron chi connectivity index (χ2n) is 4.84. The highest BCUT2D eigenvalue weighted by molar-refractivity contribution is 7.90. The van der Waals surface area contributed by atoms with Gasteiger partial charge >= 0.3 is 0 Å². The van der Waals surface area contributed by atoms with E-state index in [1.165, 1.54) is 12.7 Å². The van der Waals surface area contributed by atoms with Crippen LogP contribution in [0.3, 0.4) is 0 Å². The first-order chi connectivity index (χ1) is 8.03. The van der Waals surface area contributed by atoms with Gasteiger partial charge in [-0.25, -0.2) is 8.42 Å². The first-order valence-corrected chi connectivity index (χ1v) is 8.61. The van der Waals surface area contributed by atoms with Gasteiger partial charge in [0, 0.05) is 24.7 Å². The molecule has 4 nitrogen and oxygen atoms in total. The van der Waals surface area contributed by atoms with Crippen molar-refractivity contribution in [1.82, 2.24) is 5.32 Å². The number of hydrogen-bond donors (Lipinski definition) is 1. The average molecular weight is 263 g/mol. The van der Waals surface area contributed by atoms with Gasteiger partial charge in [0.05, 0.1) is 6.10 Å².